The number of carboxylic acids is 1. The highest BCUT2D eigenvalue weighted by molar-refractivity contribution is 8.00. The summed E-state index contributed by atoms with van der Waals surface area (Å²) in [6.45, 7) is 0.968. The van der Waals surface area contributed by atoms with Crippen molar-refractivity contribution in [3.8, 4) is 17.0 Å². The summed E-state index contributed by atoms with van der Waals surface area (Å²) in [7, 11) is 5.37. The van der Waals surface area contributed by atoms with Gasteiger partial charge in [-0.05, 0) is 68.4 Å². The van der Waals surface area contributed by atoms with Gasteiger partial charge in [0.1, 0.15) is 10.6 Å². The lowest BCUT2D eigenvalue weighted by Gasteiger charge is -2.21. The highest BCUT2D eigenvalue weighted by atomic mass is 32.2. The van der Waals surface area contributed by atoms with Crippen molar-refractivity contribution in [2.75, 3.05) is 50.8 Å². The van der Waals surface area contributed by atoms with Crippen molar-refractivity contribution in [1.82, 2.24) is 14.9 Å². The number of benzene rings is 1. The number of carbonyl (C=O) groups excluding carboxylic acids is 1. The first kappa shape index (κ1) is 24.5. The van der Waals surface area contributed by atoms with Crippen molar-refractivity contribution in [1.29, 1.82) is 0 Å². The number of hydrogen-bond donors (Lipinski definition) is 2. The molecule has 0 saturated heterocycles. The van der Waals surface area contributed by atoms with Gasteiger partial charge in [-0.15, -0.1) is 23.1 Å². The molecule has 1 aliphatic carbocycles. The number of nitrogens with one attached hydrogen (secondary N) is 1. The first-order valence-electron chi connectivity index (χ1n) is 11.5. The lowest BCUT2D eigenvalue weighted by Crippen LogP contribution is -2.36. The summed E-state index contributed by atoms with van der Waals surface area (Å²) in [4.78, 5) is 38.0. The lowest BCUT2D eigenvalue weighted by atomic mass is 9.91. The minimum absolute atomic E-state index is 0.0451. The number of thiophene rings is 1. The van der Waals surface area contributed by atoms with E-state index in [1.807, 2.05) is 48.5 Å². The Balaban J connectivity index is 1.52. The van der Waals surface area contributed by atoms with Crippen LogP contribution in [0.25, 0.3) is 11.3 Å². The average Bonchev–Trinajstić information content (AvgIpc) is 3.44. The van der Waals surface area contributed by atoms with Gasteiger partial charge in [-0.2, -0.15) is 0 Å². The van der Waals surface area contributed by atoms with Crippen LogP contribution in [0, 0.1) is 0 Å². The summed E-state index contributed by atoms with van der Waals surface area (Å²) in [5.41, 5.74) is 6.10. The molecule has 1 aliphatic heterocycles. The molecule has 0 atom stereocenters. The fraction of sp³-hybridized carbons (Fsp3) is 0.360. The van der Waals surface area contributed by atoms with Crippen molar-refractivity contribution in [3.63, 3.8) is 0 Å². The van der Waals surface area contributed by atoms with Crippen LogP contribution in [0.2, 0.25) is 0 Å². The molecule has 3 heterocycles. The molecule has 188 valence electrons. The molecular formula is C25H27N5O4S2. The summed E-state index contributed by atoms with van der Waals surface area (Å²) in [6.07, 6.45) is 5.88. The molecule has 36 heavy (non-hydrogen) atoms. The highest BCUT2D eigenvalue weighted by Gasteiger charge is 2.30. The lowest BCUT2D eigenvalue weighted by molar-refractivity contribution is -0.119. The molecule has 0 saturated carbocycles. The number of anilines is 3. The molecule has 1 aromatic carbocycles. The maximum absolute atomic E-state index is 12.8. The number of methoxy groups -OCH3 is 1. The minimum atomic E-state index is -0.899. The Morgan fingerprint density at radius 3 is 2.75 bits per heavy atom. The van der Waals surface area contributed by atoms with Crippen LogP contribution >= 0.6 is 23.1 Å². The number of thioether (sulfide) groups is 1. The summed E-state index contributed by atoms with van der Waals surface area (Å²) in [6, 6.07) is 3.88. The highest BCUT2D eigenvalue weighted by Crippen LogP contribution is 2.46. The molecule has 1 amide bonds. The van der Waals surface area contributed by atoms with Gasteiger partial charge in [-0.3, -0.25) is 4.79 Å². The first-order chi connectivity index (χ1) is 17.3. The van der Waals surface area contributed by atoms with E-state index in [1.165, 1.54) is 23.1 Å². The van der Waals surface area contributed by atoms with E-state index in [2.05, 4.69) is 10.3 Å². The zero-order chi connectivity index (χ0) is 25.6. The Hall–Kier alpha value is -3.15. The zero-order valence-electron chi connectivity index (χ0n) is 20.5. The molecule has 3 aromatic rings. The summed E-state index contributed by atoms with van der Waals surface area (Å²) >= 11 is 2.84. The number of likely N-dealkylation sites (N-methyl/N-ethyl adjacent to an activating group) is 1. The quantitative estimate of drug-likeness (QED) is 0.444. The number of aryl methyl sites for hydroxylation is 1. The van der Waals surface area contributed by atoms with Gasteiger partial charge in [0, 0.05) is 24.0 Å². The van der Waals surface area contributed by atoms with Gasteiger partial charge in [0.25, 0.3) is 0 Å². The number of aromatic carboxylic acids is 1. The molecule has 2 aromatic heterocycles. The third-order valence-corrected chi connectivity index (χ3v) is 8.73. The predicted molar refractivity (Wildman–Crippen MR) is 142 cm³/mol. The van der Waals surface area contributed by atoms with Crippen LogP contribution in [0.15, 0.2) is 22.5 Å². The maximum atomic E-state index is 12.8. The summed E-state index contributed by atoms with van der Waals surface area (Å²) in [5.74, 6) is 0.178. The second-order valence-corrected chi connectivity index (χ2v) is 11.1. The average molecular weight is 526 g/mol. The van der Waals surface area contributed by atoms with Gasteiger partial charge in [-0.1, -0.05) is 0 Å². The topological polar surface area (TPSA) is 108 Å². The van der Waals surface area contributed by atoms with E-state index in [0.717, 1.165) is 44.3 Å². The van der Waals surface area contributed by atoms with Gasteiger partial charge in [-0.25, -0.2) is 14.8 Å². The molecule has 0 unspecified atom stereocenters. The number of carboxylic acid groups (broad SMARTS) is 1. The van der Waals surface area contributed by atoms with Crippen molar-refractivity contribution in [2.24, 2.45) is 0 Å². The molecule has 2 aliphatic rings. The molecule has 11 heteroatoms. The number of rotatable bonds is 7. The van der Waals surface area contributed by atoms with E-state index < -0.39 is 5.97 Å². The van der Waals surface area contributed by atoms with Crippen LogP contribution in [0.4, 0.5) is 17.3 Å². The number of hydrogen-bond acceptors (Lipinski definition) is 9. The van der Waals surface area contributed by atoms with Crippen molar-refractivity contribution in [2.45, 2.75) is 23.5 Å². The number of carbonyl (C=O) groups is 2. The van der Waals surface area contributed by atoms with Gasteiger partial charge >= 0.3 is 5.97 Å². The monoisotopic (exact) mass is 525 g/mol. The van der Waals surface area contributed by atoms with Crippen LogP contribution < -0.4 is 15.0 Å². The normalized spacial score (nSPS) is 13.9. The van der Waals surface area contributed by atoms with Gasteiger partial charge in [0.05, 0.1) is 29.2 Å². The fourth-order valence-electron chi connectivity index (χ4n) is 4.78. The van der Waals surface area contributed by atoms with E-state index >= 15 is 0 Å². The predicted octanol–water partition coefficient (Wildman–Crippen LogP) is 3.93. The van der Waals surface area contributed by atoms with Crippen molar-refractivity contribution >= 4 is 52.3 Å². The van der Waals surface area contributed by atoms with E-state index in [1.54, 1.807) is 7.11 Å². The Morgan fingerprint density at radius 2 is 2.06 bits per heavy atom. The smallest absolute Gasteiger partial charge is 0.346 e. The molecule has 0 fully saturated rings. The summed E-state index contributed by atoms with van der Waals surface area (Å²) < 4.78 is 6.58. The fourth-order valence-corrected chi connectivity index (χ4v) is 6.71. The Labute approximate surface area is 217 Å². The van der Waals surface area contributed by atoms with Crippen molar-refractivity contribution in [3.05, 3.63) is 39.9 Å². The SMILES string of the molecule is COc1cc2c(cc1Nc1ncc3c(n1)-c1c(SC)sc(C(=O)O)c1CC3)N(C(=O)CN(C)C)CC2. The Kier molecular flexibility index (Phi) is 6.62. The van der Waals surface area contributed by atoms with Crippen LogP contribution in [-0.4, -0.2) is 72.4 Å². The van der Waals surface area contributed by atoms with E-state index in [-0.39, 0.29) is 5.91 Å². The molecule has 2 N–H and O–H groups in total. The molecule has 0 bridgehead atoms. The van der Waals surface area contributed by atoms with Gasteiger partial charge < -0.3 is 25.0 Å². The summed E-state index contributed by atoms with van der Waals surface area (Å²) in [5, 5.41) is 13.0. The molecule has 0 radical (unpaired) electrons. The van der Waals surface area contributed by atoms with Crippen LogP contribution in [0.5, 0.6) is 5.75 Å². The third kappa shape index (κ3) is 4.31. The van der Waals surface area contributed by atoms with E-state index in [9.17, 15) is 14.7 Å². The largest absolute Gasteiger partial charge is 0.495 e. The van der Waals surface area contributed by atoms with Crippen LogP contribution in [-0.2, 0) is 24.1 Å². The number of ether oxygens (including phenoxy) is 1. The van der Waals surface area contributed by atoms with Crippen LogP contribution in [0.1, 0.15) is 26.4 Å². The Morgan fingerprint density at radius 1 is 1.25 bits per heavy atom. The van der Waals surface area contributed by atoms with Gasteiger partial charge in [0.15, 0.2) is 0 Å². The molecule has 9 nitrogen and oxygen atoms in total. The van der Waals surface area contributed by atoms with E-state index in [4.69, 9.17) is 9.72 Å². The van der Waals surface area contributed by atoms with Gasteiger partial charge in [0.2, 0.25) is 11.9 Å². The molecule has 5 rings (SSSR count). The number of aromatic nitrogens is 2. The maximum Gasteiger partial charge on any atom is 0.346 e. The molecule has 0 spiro atoms. The van der Waals surface area contributed by atoms with Crippen molar-refractivity contribution < 1.29 is 19.4 Å². The number of fused-ring (bicyclic) bond motifs is 4. The second kappa shape index (κ2) is 9.72. The zero-order valence-corrected chi connectivity index (χ0v) is 22.2. The van der Waals surface area contributed by atoms with E-state index in [0.29, 0.717) is 48.2 Å². The third-order valence-electron chi connectivity index (χ3n) is 6.40. The van der Waals surface area contributed by atoms with Crippen LogP contribution in [0.3, 0.4) is 0 Å². The Bertz CT molecular complexity index is 1370. The minimum Gasteiger partial charge on any atom is -0.495 e. The number of amides is 1. The molecular weight excluding hydrogens is 498 g/mol. The standard InChI is InChI=1S/C25H27N5O4S2/c1-29(2)12-19(31)30-8-7-13-9-18(34-3)16(10-17(13)30)27-25-26-11-14-5-6-15-20(21(14)28-25)24(35-4)36-22(15)23(32)33/h9-11H,5-8,12H2,1-4H3,(H,32,33)(H,26,27,28). The first-order valence-corrected chi connectivity index (χ1v) is 13.6. The number of nitrogens with zero attached hydrogens (tertiary/aromatic N) is 4. The second-order valence-electron chi connectivity index (χ2n) is 8.99.